The maximum atomic E-state index is 10.8. The highest BCUT2D eigenvalue weighted by atomic mass is 35.5. The van der Waals surface area contributed by atoms with E-state index in [1.54, 1.807) is 18.2 Å². The first-order chi connectivity index (χ1) is 14.3. The SMILES string of the molecule is Cc1c(C#N)c(-c2ccc(C#N)cc2)c(C)n1Cc1ccc(Cl)c(/C=C/C(=O)O)c1. The fourth-order valence-corrected chi connectivity index (χ4v) is 3.67. The fourth-order valence-electron chi connectivity index (χ4n) is 3.48. The summed E-state index contributed by atoms with van der Waals surface area (Å²) in [5, 5.41) is 28.1. The van der Waals surface area contributed by atoms with Crippen molar-refractivity contribution in [1.29, 1.82) is 10.5 Å². The minimum atomic E-state index is -1.04. The van der Waals surface area contributed by atoms with E-state index in [2.05, 4.69) is 16.7 Å². The van der Waals surface area contributed by atoms with Crippen LogP contribution in [0.5, 0.6) is 0 Å². The smallest absolute Gasteiger partial charge is 0.328 e. The number of carboxylic acid groups (broad SMARTS) is 1. The maximum absolute atomic E-state index is 10.8. The van der Waals surface area contributed by atoms with Gasteiger partial charge in [0.2, 0.25) is 0 Å². The molecule has 30 heavy (non-hydrogen) atoms. The summed E-state index contributed by atoms with van der Waals surface area (Å²) >= 11 is 6.18. The second-order valence-corrected chi connectivity index (χ2v) is 7.24. The predicted octanol–water partition coefficient (Wildman–Crippen LogP) is 5.31. The van der Waals surface area contributed by atoms with Crippen molar-refractivity contribution in [3.8, 4) is 23.3 Å². The summed E-state index contributed by atoms with van der Waals surface area (Å²) < 4.78 is 2.06. The zero-order valence-electron chi connectivity index (χ0n) is 16.5. The number of carboxylic acids is 1. The molecule has 0 spiro atoms. The summed E-state index contributed by atoms with van der Waals surface area (Å²) in [5.74, 6) is -1.04. The molecule has 3 rings (SSSR count). The highest BCUT2D eigenvalue weighted by molar-refractivity contribution is 6.32. The van der Waals surface area contributed by atoms with E-state index in [4.69, 9.17) is 22.0 Å². The molecule has 0 atom stereocenters. The third-order valence-electron chi connectivity index (χ3n) is 5.00. The van der Waals surface area contributed by atoms with Crippen LogP contribution in [0, 0.1) is 36.5 Å². The van der Waals surface area contributed by atoms with Gasteiger partial charge in [-0.3, -0.25) is 0 Å². The Morgan fingerprint density at radius 2 is 1.80 bits per heavy atom. The number of nitriles is 2. The van der Waals surface area contributed by atoms with E-state index in [0.717, 1.165) is 34.2 Å². The fraction of sp³-hybridized carbons (Fsp3) is 0.125. The summed E-state index contributed by atoms with van der Waals surface area (Å²) in [4.78, 5) is 10.8. The molecule has 3 aromatic rings. The first kappa shape index (κ1) is 20.9. The van der Waals surface area contributed by atoms with Crippen LogP contribution >= 0.6 is 11.6 Å². The number of nitrogens with zero attached hydrogens (tertiary/aromatic N) is 3. The lowest BCUT2D eigenvalue weighted by atomic mass is 10.0. The van der Waals surface area contributed by atoms with Crippen LogP contribution in [0.2, 0.25) is 5.02 Å². The molecule has 0 fully saturated rings. The van der Waals surface area contributed by atoms with Crippen LogP contribution < -0.4 is 0 Å². The highest BCUT2D eigenvalue weighted by Crippen LogP contribution is 2.33. The Balaban J connectivity index is 2.05. The number of hydrogen-bond acceptors (Lipinski definition) is 3. The normalized spacial score (nSPS) is 10.7. The molecule has 1 aromatic heterocycles. The second kappa shape index (κ2) is 8.69. The molecule has 0 radical (unpaired) electrons. The number of aromatic nitrogens is 1. The van der Waals surface area contributed by atoms with Crippen LogP contribution in [-0.2, 0) is 11.3 Å². The van der Waals surface area contributed by atoms with E-state index in [0.29, 0.717) is 28.3 Å². The van der Waals surface area contributed by atoms with Gasteiger partial charge in [-0.05, 0) is 60.9 Å². The van der Waals surface area contributed by atoms with Crippen LogP contribution in [0.15, 0.2) is 48.5 Å². The van der Waals surface area contributed by atoms with Gasteiger partial charge >= 0.3 is 5.97 Å². The van der Waals surface area contributed by atoms with Gasteiger partial charge in [-0.15, -0.1) is 0 Å². The van der Waals surface area contributed by atoms with Crippen molar-refractivity contribution in [2.45, 2.75) is 20.4 Å². The van der Waals surface area contributed by atoms with Crippen molar-refractivity contribution >= 4 is 23.6 Å². The van der Waals surface area contributed by atoms with Crippen molar-refractivity contribution in [3.63, 3.8) is 0 Å². The first-order valence-corrected chi connectivity index (χ1v) is 9.53. The van der Waals surface area contributed by atoms with Gasteiger partial charge < -0.3 is 9.67 Å². The molecule has 0 amide bonds. The molecule has 0 aliphatic heterocycles. The van der Waals surface area contributed by atoms with Crippen molar-refractivity contribution in [2.24, 2.45) is 0 Å². The Morgan fingerprint density at radius 3 is 2.40 bits per heavy atom. The molecule has 0 aliphatic rings. The average Bonchev–Trinajstić information content (AvgIpc) is 2.98. The number of benzene rings is 2. The van der Waals surface area contributed by atoms with Gasteiger partial charge in [-0.25, -0.2) is 4.79 Å². The number of carbonyl (C=O) groups is 1. The van der Waals surface area contributed by atoms with Gasteiger partial charge in [0.05, 0.1) is 17.2 Å². The van der Waals surface area contributed by atoms with Crippen LogP contribution in [0.3, 0.4) is 0 Å². The minimum Gasteiger partial charge on any atom is -0.478 e. The molecule has 0 aliphatic carbocycles. The molecule has 1 N–H and O–H groups in total. The van der Waals surface area contributed by atoms with E-state index in [9.17, 15) is 10.1 Å². The Hall–Kier alpha value is -3.80. The minimum absolute atomic E-state index is 0.466. The average molecular weight is 416 g/mol. The van der Waals surface area contributed by atoms with Crippen molar-refractivity contribution < 1.29 is 9.90 Å². The van der Waals surface area contributed by atoms with Crippen LogP contribution in [0.4, 0.5) is 0 Å². The van der Waals surface area contributed by atoms with E-state index in [1.807, 2.05) is 38.1 Å². The van der Waals surface area contributed by atoms with Gasteiger partial charge in [0.25, 0.3) is 0 Å². The topological polar surface area (TPSA) is 89.8 Å². The molecule has 0 bridgehead atoms. The third-order valence-corrected chi connectivity index (χ3v) is 5.35. The quantitative estimate of drug-likeness (QED) is 0.571. The van der Waals surface area contributed by atoms with Crippen LogP contribution in [0.25, 0.3) is 17.2 Å². The van der Waals surface area contributed by atoms with E-state index in [1.165, 1.54) is 6.08 Å². The largest absolute Gasteiger partial charge is 0.478 e. The Bertz CT molecular complexity index is 1240. The summed E-state index contributed by atoms with van der Waals surface area (Å²) in [6, 6.07) is 17.0. The Morgan fingerprint density at radius 1 is 1.10 bits per heavy atom. The lowest BCUT2D eigenvalue weighted by molar-refractivity contribution is -0.131. The maximum Gasteiger partial charge on any atom is 0.328 e. The molecule has 148 valence electrons. The summed E-state index contributed by atoms with van der Waals surface area (Å²) in [7, 11) is 0. The zero-order valence-corrected chi connectivity index (χ0v) is 17.2. The van der Waals surface area contributed by atoms with Gasteiger partial charge in [0, 0.05) is 34.6 Å². The monoisotopic (exact) mass is 415 g/mol. The number of halogens is 1. The van der Waals surface area contributed by atoms with E-state index in [-0.39, 0.29) is 0 Å². The highest BCUT2D eigenvalue weighted by Gasteiger charge is 2.19. The predicted molar refractivity (Wildman–Crippen MR) is 116 cm³/mol. The Kier molecular flexibility index (Phi) is 6.06. The van der Waals surface area contributed by atoms with E-state index < -0.39 is 5.97 Å². The molecule has 5 nitrogen and oxygen atoms in total. The molecule has 0 unspecified atom stereocenters. The van der Waals surface area contributed by atoms with Gasteiger partial charge in [-0.2, -0.15) is 10.5 Å². The lowest BCUT2D eigenvalue weighted by Gasteiger charge is -2.11. The number of aliphatic carboxylic acids is 1. The standard InChI is InChI=1S/C24H18ClN3O2/c1-15-21(13-27)24(19-6-3-17(12-26)4-7-19)16(2)28(15)14-18-5-9-22(25)20(11-18)8-10-23(29)30/h3-11H,14H2,1-2H3,(H,29,30)/b10-8+. The molecule has 1 heterocycles. The van der Waals surface area contributed by atoms with Crippen LogP contribution in [-0.4, -0.2) is 15.6 Å². The molecular formula is C24H18ClN3O2. The number of rotatable bonds is 5. The first-order valence-electron chi connectivity index (χ1n) is 9.15. The third kappa shape index (κ3) is 4.12. The molecule has 2 aromatic carbocycles. The molecular weight excluding hydrogens is 398 g/mol. The molecule has 0 saturated carbocycles. The van der Waals surface area contributed by atoms with Crippen LogP contribution in [0.1, 0.15) is 33.6 Å². The van der Waals surface area contributed by atoms with Gasteiger partial charge in [-0.1, -0.05) is 29.8 Å². The number of hydrogen-bond donors (Lipinski definition) is 1. The molecule has 0 saturated heterocycles. The van der Waals surface area contributed by atoms with Crippen molar-refractivity contribution in [3.05, 3.63) is 87.2 Å². The lowest BCUT2D eigenvalue weighted by Crippen LogP contribution is -2.04. The zero-order chi connectivity index (χ0) is 21.8. The molecule has 6 heteroatoms. The van der Waals surface area contributed by atoms with Gasteiger partial charge in [0.1, 0.15) is 6.07 Å². The van der Waals surface area contributed by atoms with Gasteiger partial charge in [0.15, 0.2) is 0 Å². The van der Waals surface area contributed by atoms with E-state index >= 15 is 0 Å². The van der Waals surface area contributed by atoms with Crippen molar-refractivity contribution in [1.82, 2.24) is 4.57 Å². The summed E-state index contributed by atoms with van der Waals surface area (Å²) in [5.41, 5.74) is 6.21. The summed E-state index contributed by atoms with van der Waals surface area (Å²) in [6.07, 6.45) is 2.51. The summed E-state index contributed by atoms with van der Waals surface area (Å²) in [6.45, 7) is 4.37. The Labute approximate surface area is 179 Å². The van der Waals surface area contributed by atoms with Crippen molar-refractivity contribution in [2.75, 3.05) is 0 Å². The second-order valence-electron chi connectivity index (χ2n) is 6.84.